The van der Waals surface area contributed by atoms with E-state index in [9.17, 15) is 4.79 Å². The van der Waals surface area contributed by atoms with Gasteiger partial charge in [0.15, 0.2) is 0 Å². The Hall–Kier alpha value is -3.48. The van der Waals surface area contributed by atoms with E-state index in [4.69, 9.17) is 13.9 Å². The summed E-state index contributed by atoms with van der Waals surface area (Å²) in [6.45, 7) is 0.313. The maximum atomic E-state index is 12.3. The molecule has 1 amide bonds. The van der Waals surface area contributed by atoms with Crippen molar-refractivity contribution in [3.8, 4) is 11.5 Å². The van der Waals surface area contributed by atoms with Crippen LogP contribution in [0.4, 0.5) is 11.4 Å². The molecule has 0 saturated heterocycles. The number of nitrogens with one attached hydrogen (secondary N) is 2. The predicted molar refractivity (Wildman–Crippen MR) is 96.9 cm³/mol. The smallest absolute Gasteiger partial charge is 0.253 e. The van der Waals surface area contributed by atoms with Gasteiger partial charge < -0.3 is 24.5 Å². The standard InChI is InChI=1S/C19H19N3O4/c1-24-15-5-6-18(25-2)17(9-15)22-14-8-13(10-20-11-14)19(23)21-12-16-4-3-7-26-16/h3-11,22H,12H2,1-2H3,(H,21,23). The molecule has 0 radical (unpaired) electrons. The molecule has 3 rings (SSSR count). The number of carbonyl (C=O) groups is 1. The van der Waals surface area contributed by atoms with Gasteiger partial charge in [0.25, 0.3) is 5.91 Å². The third kappa shape index (κ3) is 4.13. The van der Waals surface area contributed by atoms with E-state index in [1.54, 1.807) is 57.0 Å². The van der Waals surface area contributed by atoms with Gasteiger partial charge in [0, 0.05) is 12.3 Å². The molecule has 3 aromatic rings. The van der Waals surface area contributed by atoms with Gasteiger partial charge in [-0.25, -0.2) is 0 Å². The minimum atomic E-state index is -0.241. The molecule has 0 spiro atoms. The first-order valence-corrected chi connectivity index (χ1v) is 7.94. The highest BCUT2D eigenvalue weighted by molar-refractivity contribution is 5.94. The number of benzene rings is 1. The van der Waals surface area contributed by atoms with E-state index in [-0.39, 0.29) is 5.91 Å². The number of ether oxygens (including phenoxy) is 2. The van der Waals surface area contributed by atoms with Crippen LogP contribution in [0.1, 0.15) is 16.1 Å². The minimum Gasteiger partial charge on any atom is -0.497 e. The molecule has 7 heteroatoms. The number of anilines is 2. The Bertz CT molecular complexity index is 878. The van der Waals surface area contributed by atoms with E-state index >= 15 is 0 Å². The number of methoxy groups -OCH3 is 2. The number of hydrogen-bond donors (Lipinski definition) is 2. The highest BCUT2D eigenvalue weighted by Crippen LogP contribution is 2.31. The highest BCUT2D eigenvalue weighted by Gasteiger charge is 2.10. The van der Waals surface area contributed by atoms with Crippen LogP contribution in [-0.4, -0.2) is 25.1 Å². The normalized spacial score (nSPS) is 10.2. The molecule has 0 aliphatic rings. The van der Waals surface area contributed by atoms with Crippen molar-refractivity contribution in [2.45, 2.75) is 6.54 Å². The third-order valence-corrected chi connectivity index (χ3v) is 3.69. The topological polar surface area (TPSA) is 85.6 Å². The molecule has 2 heterocycles. The molecule has 0 aliphatic heterocycles. The quantitative estimate of drug-likeness (QED) is 0.677. The van der Waals surface area contributed by atoms with Crippen molar-refractivity contribution in [2.75, 3.05) is 19.5 Å². The van der Waals surface area contributed by atoms with Crippen LogP contribution >= 0.6 is 0 Å². The van der Waals surface area contributed by atoms with Crippen LogP contribution in [-0.2, 0) is 6.54 Å². The summed E-state index contributed by atoms with van der Waals surface area (Å²) in [6, 6.07) is 10.7. The Morgan fingerprint density at radius 1 is 1.15 bits per heavy atom. The van der Waals surface area contributed by atoms with E-state index in [2.05, 4.69) is 15.6 Å². The Kier molecular flexibility index (Phi) is 5.38. The van der Waals surface area contributed by atoms with Crippen molar-refractivity contribution in [3.05, 3.63) is 66.4 Å². The van der Waals surface area contributed by atoms with Crippen LogP contribution in [0.3, 0.4) is 0 Å². The average Bonchev–Trinajstić information content (AvgIpc) is 3.20. The van der Waals surface area contributed by atoms with Gasteiger partial charge in [0.1, 0.15) is 17.3 Å². The molecule has 0 unspecified atom stereocenters. The van der Waals surface area contributed by atoms with Gasteiger partial charge in [-0.1, -0.05) is 0 Å². The first kappa shape index (κ1) is 17.3. The maximum absolute atomic E-state index is 12.3. The molecular formula is C19H19N3O4. The van der Waals surface area contributed by atoms with Gasteiger partial charge >= 0.3 is 0 Å². The second-order valence-electron chi connectivity index (χ2n) is 5.42. The van der Waals surface area contributed by atoms with Gasteiger partial charge in [0.2, 0.25) is 0 Å². The summed E-state index contributed by atoms with van der Waals surface area (Å²) in [6.07, 6.45) is 4.70. The lowest BCUT2D eigenvalue weighted by Gasteiger charge is -2.13. The van der Waals surface area contributed by atoms with E-state index in [1.807, 2.05) is 6.07 Å². The number of nitrogens with zero attached hydrogens (tertiary/aromatic N) is 1. The SMILES string of the molecule is COc1ccc(OC)c(Nc2cncc(C(=O)NCc3ccco3)c2)c1. The number of amides is 1. The molecule has 26 heavy (non-hydrogen) atoms. The Labute approximate surface area is 151 Å². The lowest BCUT2D eigenvalue weighted by atomic mass is 10.2. The zero-order chi connectivity index (χ0) is 18.4. The molecule has 1 aromatic carbocycles. The van der Waals surface area contributed by atoms with Crippen LogP contribution in [0.5, 0.6) is 11.5 Å². The second kappa shape index (κ2) is 8.06. The third-order valence-electron chi connectivity index (χ3n) is 3.69. The van der Waals surface area contributed by atoms with Crippen molar-refractivity contribution in [3.63, 3.8) is 0 Å². The number of furan rings is 1. The van der Waals surface area contributed by atoms with Crippen LogP contribution < -0.4 is 20.1 Å². The lowest BCUT2D eigenvalue weighted by molar-refractivity contribution is 0.0947. The van der Waals surface area contributed by atoms with Gasteiger partial charge in [0.05, 0.1) is 50.2 Å². The van der Waals surface area contributed by atoms with Crippen molar-refractivity contribution >= 4 is 17.3 Å². The number of rotatable bonds is 7. The summed E-state index contributed by atoms with van der Waals surface area (Å²) in [4.78, 5) is 16.4. The van der Waals surface area contributed by atoms with Gasteiger partial charge in [-0.15, -0.1) is 0 Å². The zero-order valence-corrected chi connectivity index (χ0v) is 14.5. The number of pyridine rings is 1. The maximum Gasteiger partial charge on any atom is 0.253 e. The predicted octanol–water partition coefficient (Wildman–Crippen LogP) is 3.37. The van der Waals surface area contributed by atoms with Crippen LogP contribution in [0.15, 0.2) is 59.5 Å². The second-order valence-corrected chi connectivity index (χ2v) is 5.42. The van der Waals surface area contributed by atoms with Crippen LogP contribution in [0, 0.1) is 0 Å². The summed E-state index contributed by atoms with van der Waals surface area (Å²) in [5.41, 5.74) is 1.80. The first-order valence-electron chi connectivity index (χ1n) is 7.94. The average molecular weight is 353 g/mol. The van der Waals surface area contributed by atoms with Crippen molar-refractivity contribution in [1.82, 2.24) is 10.3 Å². The summed E-state index contributed by atoms with van der Waals surface area (Å²) in [5.74, 6) is 1.78. The summed E-state index contributed by atoms with van der Waals surface area (Å²) in [7, 11) is 3.18. The van der Waals surface area contributed by atoms with Gasteiger partial charge in [-0.2, -0.15) is 0 Å². The molecular weight excluding hydrogens is 334 g/mol. The molecule has 0 saturated carbocycles. The molecule has 2 N–H and O–H groups in total. The lowest BCUT2D eigenvalue weighted by Crippen LogP contribution is -2.22. The Morgan fingerprint density at radius 2 is 2.04 bits per heavy atom. The number of hydrogen-bond acceptors (Lipinski definition) is 6. The molecule has 7 nitrogen and oxygen atoms in total. The monoisotopic (exact) mass is 353 g/mol. The number of aromatic nitrogens is 1. The van der Waals surface area contributed by atoms with Crippen molar-refractivity contribution in [1.29, 1.82) is 0 Å². The molecule has 2 aromatic heterocycles. The van der Waals surface area contributed by atoms with Gasteiger partial charge in [-0.3, -0.25) is 9.78 Å². The minimum absolute atomic E-state index is 0.241. The number of carbonyl (C=O) groups excluding carboxylic acids is 1. The fraction of sp³-hybridized carbons (Fsp3) is 0.158. The summed E-state index contributed by atoms with van der Waals surface area (Å²) in [5, 5.41) is 5.99. The van der Waals surface area contributed by atoms with E-state index in [0.29, 0.717) is 40.7 Å². The van der Waals surface area contributed by atoms with Gasteiger partial charge in [-0.05, 0) is 30.3 Å². The fourth-order valence-corrected chi connectivity index (χ4v) is 2.38. The summed E-state index contributed by atoms with van der Waals surface area (Å²) < 4.78 is 15.8. The molecule has 0 bridgehead atoms. The largest absolute Gasteiger partial charge is 0.497 e. The first-order chi connectivity index (χ1) is 12.7. The Morgan fingerprint density at radius 3 is 2.77 bits per heavy atom. The molecule has 0 aliphatic carbocycles. The Balaban J connectivity index is 1.74. The zero-order valence-electron chi connectivity index (χ0n) is 14.5. The molecule has 0 atom stereocenters. The van der Waals surface area contributed by atoms with E-state index in [0.717, 1.165) is 0 Å². The highest BCUT2D eigenvalue weighted by atomic mass is 16.5. The van der Waals surface area contributed by atoms with Crippen molar-refractivity contribution < 1.29 is 18.7 Å². The van der Waals surface area contributed by atoms with Crippen molar-refractivity contribution in [2.24, 2.45) is 0 Å². The van der Waals surface area contributed by atoms with E-state index in [1.165, 1.54) is 6.20 Å². The molecule has 134 valence electrons. The van der Waals surface area contributed by atoms with E-state index < -0.39 is 0 Å². The van der Waals surface area contributed by atoms with Crippen LogP contribution in [0.25, 0.3) is 0 Å². The van der Waals surface area contributed by atoms with Crippen LogP contribution in [0.2, 0.25) is 0 Å². The molecule has 0 fully saturated rings. The fourth-order valence-electron chi connectivity index (χ4n) is 2.38. The summed E-state index contributed by atoms with van der Waals surface area (Å²) >= 11 is 0.